The Morgan fingerprint density at radius 1 is 1.70 bits per heavy atom. The third kappa shape index (κ3) is 3.45. The first-order valence-electron chi connectivity index (χ1n) is 3.01. The van der Waals surface area contributed by atoms with Gasteiger partial charge in [-0.3, -0.25) is 0 Å². The maximum atomic E-state index is 4.86. The minimum Gasteiger partial charge on any atom is -0.474 e. The van der Waals surface area contributed by atoms with Crippen molar-refractivity contribution in [3.05, 3.63) is 12.2 Å². The van der Waals surface area contributed by atoms with Gasteiger partial charge in [-0.15, -0.1) is 0 Å². The second-order valence-electron chi connectivity index (χ2n) is 2.28. The average Bonchev–Trinajstić information content (AvgIpc) is 1.85. The van der Waals surface area contributed by atoms with Crippen LogP contribution in [0.5, 0.6) is 0 Å². The molecule has 10 heavy (non-hydrogen) atoms. The molecule has 0 radical (unpaired) electrons. The Balaban J connectivity index is 3.72. The van der Waals surface area contributed by atoms with Crippen molar-refractivity contribution < 1.29 is 4.74 Å². The molecule has 0 rings (SSSR count). The van der Waals surface area contributed by atoms with Crippen molar-refractivity contribution in [2.75, 3.05) is 20.7 Å². The molecule has 0 unspecified atom stereocenters. The fourth-order valence-electron chi connectivity index (χ4n) is 0.625. The standard InChI is InChI=1S/C7H13NOS/c1-6(2)5-8(3)7(10)9-4/h1,5H2,2-4H3. The Hall–Kier alpha value is -0.570. The highest BCUT2D eigenvalue weighted by molar-refractivity contribution is 7.80. The largest absolute Gasteiger partial charge is 0.474 e. The van der Waals surface area contributed by atoms with E-state index in [1.54, 1.807) is 7.11 Å². The molecule has 0 fully saturated rings. The van der Waals surface area contributed by atoms with Gasteiger partial charge in [0.25, 0.3) is 5.17 Å². The van der Waals surface area contributed by atoms with E-state index in [9.17, 15) is 0 Å². The molecule has 0 heterocycles. The summed E-state index contributed by atoms with van der Waals surface area (Å²) in [5.41, 5.74) is 1.07. The molecule has 0 aromatic carbocycles. The molecule has 0 aromatic rings. The number of likely N-dealkylation sites (N-methyl/N-ethyl adjacent to an activating group) is 1. The van der Waals surface area contributed by atoms with E-state index in [1.807, 2.05) is 18.9 Å². The number of rotatable bonds is 2. The van der Waals surface area contributed by atoms with Gasteiger partial charge in [-0.25, -0.2) is 0 Å². The number of methoxy groups -OCH3 is 1. The Bertz CT molecular complexity index is 145. The van der Waals surface area contributed by atoms with Crippen LogP contribution in [0.3, 0.4) is 0 Å². The minimum atomic E-state index is 0.503. The number of nitrogens with zero attached hydrogens (tertiary/aromatic N) is 1. The van der Waals surface area contributed by atoms with Gasteiger partial charge in [0.15, 0.2) is 0 Å². The van der Waals surface area contributed by atoms with Crippen LogP contribution in [0.15, 0.2) is 12.2 Å². The summed E-state index contributed by atoms with van der Waals surface area (Å²) in [5.74, 6) is 0. The summed E-state index contributed by atoms with van der Waals surface area (Å²) < 4.78 is 4.83. The lowest BCUT2D eigenvalue weighted by Gasteiger charge is -2.17. The molecule has 0 saturated heterocycles. The van der Waals surface area contributed by atoms with Crippen LogP contribution >= 0.6 is 12.2 Å². The Labute approximate surface area is 67.5 Å². The molecule has 0 amide bonds. The van der Waals surface area contributed by atoms with Crippen LogP contribution in [0.2, 0.25) is 0 Å². The SMILES string of the molecule is C=C(C)CN(C)C(=S)OC. The summed E-state index contributed by atoms with van der Waals surface area (Å²) in [4.78, 5) is 1.83. The predicted octanol–water partition coefficient (Wildman–Crippen LogP) is 1.43. The maximum absolute atomic E-state index is 4.86. The molecular formula is C7H13NOS. The monoisotopic (exact) mass is 159 g/mol. The van der Waals surface area contributed by atoms with Gasteiger partial charge in [-0.2, -0.15) is 0 Å². The first-order chi connectivity index (χ1) is 4.57. The smallest absolute Gasteiger partial charge is 0.259 e. The highest BCUT2D eigenvalue weighted by Gasteiger charge is 2.01. The minimum absolute atomic E-state index is 0.503. The van der Waals surface area contributed by atoms with Crippen molar-refractivity contribution >= 4 is 17.4 Å². The van der Waals surface area contributed by atoms with Gasteiger partial charge >= 0.3 is 0 Å². The second kappa shape index (κ2) is 4.28. The van der Waals surface area contributed by atoms with E-state index in [4.69, 9.17) is 17.0 Å². The third-order valence-electron chi connectivity index (χ3n) is 0.993. The molecule has 0 aromatic heterocycles. The number of hydrogen-bond acceptors (Lipinski definition) is 2. The zero-order valence-electron chi connectivity index (χ0n) is 6.68. The Morgan fingerprint density at radius 3 is 2.50 bits per heavy atom. The Kier molecular flexibility index (Phi) is 4.03. The van der Waals surface area contributed by atoms with Crippen LogP contribution in [0.1, 0.15) is 6.92 Å². The van der Waals surface area contributed by atoms with Gasteiger partial charge in [0.1, 0.15) is 0 Å². The fraction of sp³-hybridized carbons (Fsp3) is 0.571. The molecular weight excluding hydrogens is 146 g/mol. The van der Waals surface area contributed by atoms with Crippen LogP contribution in [0.4, 0.5) is 0 Å². The summed E-state index contributed by atoms with van der Waals surface area (Å²) in [5, 5.41) is 0.503. The van der Waals surface area contributed by atoms with Crippen LogP contribution in [-0.4, -0.2) is 30.8 Å². The summed E-state index contributed by atoms with van der Waals surface area (Å²) in [6.07, 6.45) is 0. The van der Waals surface area contributed by atoms with Crippen molar-refractivity contribution in [1.82, 2.24) is 4.90 Å². The third-order valence-corrected chi connectivity index (χ3v) is 1.47. The van der Waals surface area contributed by atoms with Crippen molar-refractivity contribution in [3.8, 4) is 0 Å². The lowest BCUT2D eigenvalue weighted by atomic mass is 10.3. The van der Waals surface area contributed by atoms with Crippen molar-refractivity contribution in [3.63, 3.8) is 0 Å². The molecule has 3 heteroatoms. The fourth-order valence-corrected chi connectivity index (χ4v) is 0.690. The van der Waals surface area contributed by atoms with Crippen LogP contribution < -0.4 is 0 Å². The average molecular weight is 159 g/mol. The molecule has 0 spiro atoms. The highest BCUT2D eigenvalue weighted by atomic mass is 32.1. The first kappa shape index (κ1) is 9.43. The maximum Gasteiger partial charge on any atom is 0.259 e. The molecule has 0 N–H and O–H groups in total. The summed E-state index contributed by atoms with van der Waals surface area (Å²) in [6, 6.07) is 0. The van der Waals surface area contributed by atoms with Crippen LogP contribution in [0, 0.1) is 0 Å². The van der Waals surface area contributed by atoms with Gasteiger partial charge in [0, 0.05) is 13.6 Å². The van der Waals surface area contributed by atoms with E-state index in [0.717, 1.165) is 12.1 Å². The van der Waals surface area contributed by atoms with E-state index in [1.165, 1.54) is 0 Å². The summed E-state index contributed by atoms with van der Waals surface area (Å²) in [6.45, 7) is 6.46. The van der Waals surface area contributed by atoms with E-state index in [2.05, 4.69) is 6.58 Å². The molecule has 58 valence electrons. The second-order valence-corrected chi connectivity index (χ2v) is 2.63. The molecule has 0 aliphatic heterocycles. The predicted molar refractivity (Wildman–Crippen MR) is 47.1 cm³/mol. The first-order valence-corrected chi connectivity index (χ1v) is 3.42. The van der Waals surface area contributed by atoms with Crippen molar-refractivity contribution in [2.24, 2.45) is 0 Å². The lowest BCUT2D eigenvalue weighted by molar-refractivity contribution is 0.333. The molecule has 2 nitrogen and oxygen atoms in total. The lowest BCUT2D eigenvalue weighted by Crippen LogP contribution is -2.27. The molecule has 0 saturated carbocycles. The van der Waals surface area contributed by atoms with Crippen molar-refractivity contribution in [2.45, 2.75) is 6.92 Å². The number of thiocarbonyl (C=S) groups is 1. The topological polar surface area (TPSA) is 12.5 Å². The van der Waals surface area contributed by atoms with Gasteiger partial charge < -0.3 is 9.64 Å². The Morgan fingerprint density at radius 2 is 2.20 bits per heavy atom. The molecule has 0 bridgehead atoms. The van der Waals surface area contributed by atoms with Gasteiger partial charge in [-0.05, 0) is 19.1 Å². The van der Waals surface area contributed by atoms with Gasteiger partial charge in [-0.1, -0.05) is 12.2 Å². The van der Waals surface area contributed by atoms with Gasteiger partial charge in [0.2, 0.25) is 0 Å². The summed E-state index contributed by atoms with van der Waals surface area (Å²) >= 11 is 4.86. The number of hydrogen-bond donors (Lipinski definition) is 0. The molecule has 0 aliphatic rings. The van der Waals surface area contributed by atoms with Crippen LogP contribution in [0.25, 0.3) is 0 Å². The number of ether oxygens (including phenoxy) is 1. The zero-order chi connectivity index (χ0) is 8.15. The van der Waals surface area contributed by atoms with E-state index in [0.29, 0.717) is 5.17 Å². The molecule has 0 aliphatic carbocycles. The van der Waals surface area contributed by atoms with Gasteiger partial charge in [0.05, 0.1) is 7.11 Å². The normalized spacial score (nSPS) is 8.70. The van der Waals surface area contributed by atoms with E-state index in [-0.39, 0.29) is 0 Å². The van der Waals surface area contributed by atoms with E-state index < -0.39 is 0 Å². The summed E-state index contributed by atoms with van der Waals surface area (Å²) in [7, 11) is 3.44. The molecule has 0 atom stereocenters. The zero-order valence-corrected chi connectivity index (χ0v) is 7.49. The quantitative estimate of drug-likeness (QED) is 0.446. The van der Waals surface area contributed by atoms with E-state index >= 15 is 0 Å². The van der Waals surface area contributed by atoms with Crippen molar-refractivity contribution in [1.29, 1.82) is 0 Å². The van der Waals surface area contributed by atoms with Crippen LogP contribution in [-0.2, 0) is 4.74 Å². The highest BCUT2D eigenvalue weighted by Crippen LogP contribution is 1.94.